The van der Waals surface area contributed by atoms with E-state index in [1.54, 1.807) is 0 Å². The fraction of sp³-hybridized carbons (Fsp3) is 0.423. The Hall–Kier alpha value is -2.88. The van der Waals surface area contributed by atoms with E-state index in [1.165, 1.54) is 42.0 Å². The molecule has 0 N–H and O–H groups in total. The van der Waals surface area contributed by atoms with E-state index in [-0.39, 0.29) is 18.5 Å². The summed E-state index contributed by atoms with van der Waals surface area (Å²) in [6.07, 6.45) is 0. The summed E-state index contributed by atoms with van der Waals surface area (Å²) in [5.74, 6) is -1.01. The molecule has 2 aliphatic rings. The van der Waals surface area contributed by atoms with E-state index in [2.05, 4.69) is 58.3 Å². The number of esters is 2. The van der Waals surface area contributed by atoms with Crippen molar-refractivity contribution in [1.82, 2.24) is 14.7 Å². The van der Waals surface area contributed by atoms with Crippen molar-refractivity contribution < 1.29 is 23.9 Å². The number of piperazine rings is 1. The lowest BCUT2D eigenvalue weighted by Gasteiger charge is -2.40. The van der Waals surface area contributed by atoms with Crippen LogP contribution in [-0.4, -0.2) is 96.7 Å². The molecule has 0 aliphatic carbocycles. The number of hydrogen-bond donors (Lipinski definition) is 0. The smallest absolute Gasteiger partial charge is 0.339 e. The van der Waals surface area contributed by atoms with E-state index in [0.29, 0.717) is 18.8 Å². The summed E-state index contributed by atoms with van der Waals surface area (Å²) in [6.45, 7) is 3.12. The first-order valence-electron chi connectivity index (χ1n) is 11.7. The zero-order valence-corrected chi connectivity index (χ0v) is 20.9. The maximum absolute atomic E-state index is 13.3. The Balaban J connectivity index is 1.43. The third kappa shape index (κ3) is 5.69. The van der Waals surface area contributed by atoms with E-state index in [9.17, 15) is 14.4 Å². The van der Waals surface area contributed by atoms with E-state index in [4.69, 9.17) is 9.47 Å². The molecule has 0 spiro atoms. The summed E-state index contributed by atoms with van der Waals surface area (Å²) in [5.41, 5.74) is 2.47. The molecule has 8 nitrogen and oxygen atoms in total. The molecule has 0 aromatic heterocycles. The molecule has 2 aliphatic heterocycles. The highest BCUT2D eigenvalue weighted by Crippen LogP contribution is 2.32. The Morgan fingerprint density at radius 2 is 1.40 bits per heavy atom. The standard InChI is InChI=1S/C26H31N3O5S/c1-33-25(31)21-18-35-24(26(32)34-2)29(21)22(30)17-27-13-15-28(16-14-27)23(19-9-5-3-6-10-19)20-11-7-4-8-12-20/h3-12,21,23-24H,13-18H2,1-2H3/t21-,24+/m1/s1. The summed E-state index contributed by atoms with van der Waals surface area (Å²) < 4.78 is 9.74. The zero-order valence-electron chi connectivity index (χ0n) is 20.0. The number of carbonyl (C=O) groups is 3. The number of methoxy groups -OCH3 is 2. The van der Waals surface area contributed by atoms with Gasteiger partial charge in [-0.1, -0.05) is 60.7 Å². The minimum atomic E-state index is -0.835. The van der Waals surface area contributed by atoms with Gasteiger partial charge in [0.05, 0.1) is 26.8 Å². The van der Waals surface area contributed by atoms with E-state index < -0.39 is 23.4 Å². The van der Waals surface area contributed by atoms with Gasteiger partial charge in [-0.05, 0) is 11.1 Å². The van der Waals surface area contributed by atoms with Crippen LogP contribution < -0.4 is 0 Å². The summed E-state index contributed by atoms with van der Waals surface area (Å²) in [5, 5.41) is -0.835. The van der Waals surface area contributed by atoms with Gasteiger partial charge in [-0.25, -0.2) is 9.59 Å². The molecular formula is C26H31N3O5S. The van der Waals surface area contributed by atoms with Gasteiger partial charge in [0.25, 0.3) is 0 Å². The van der Waals surface area contributed by atoms with Crippen LogP contribution in [0.1, 0.15) is 17.2 Å². The van der Waals surface area contributed by atoms with Gasteiger partial charge < -0.3 is 14.4 Å². The monoisotopic (exact) mass is 497 g/mol. The average Bonchev–Trinajstić information content (AvgIpc) is 3.36. The first-order chi connectivity index (χ1) is 17.0. The summed E-state index contributed by atoms with van der Waals surface area (Å²) in [7, 11) is 2.57. The number of nitrogens with zero attached hydrogens (tertiary/aromatic N) is 3. The SMILES string of the molecule is COC(=O)[C@H]1CS[C@@H](C(=O)OC)N1C(=O)CN1CCN(C(c2ccccc2)c2ccccc2)CC1. The summed E-state index contributed by atoms with van der Waals surface area (Å²) >= 11 is 1.23. The number of thioether (sulfide) groups is 1. The minimum absolute atomic E-state index is 0.136. The number of benzene rings is 2. The lowest BCUT2D eigenvalue weighted by Crippen LogP contribution is -2.55. The van der Waals surface area contributed by atoms with Crippen LogP contribution in [0, 0.1) is 0 Å². The minimum Gasteiger partial charge on any atom is -0.467 e. The predicted octanol–water partition coefficient (Wildman–Crippen LogP) is 2.01. The molecule has 9 heteroatoms. The topological polar surface area (TPSA) is 79.4 Å². The van der Waals surface area contributed by atoms with Crippen molar-refractivity contribution in [2.75, 3.05) is 52.7 Å². The van der Waals surface area contributed by atoms with Crippen LogP contribution in [0.3, 0.4) is 0 Å². The molecule has 0 saturated carbocycles. The number of rotatable bonds is 7. The van der Waals surface area contributed by atoms with Crippen molar-refractivity contribution in [3.8, 4) is 0 Å². The van der Waals surface area contributed by atoms with Crippen molar-refractivity contribution in [1.29, 1.82) is 0 Å². The molecule has 2 saturated heterocycles. The molecule has 4 rings (SSSR count). The normalized spacial score (nSPS) is 21.2. The highest BCUT2D eigenvalue weighted by Gasteiger charge is 2.46. The van der Waals surface area contributed by atoms with Gasteiger partial charge in [0.2, 0.25) is 5.91 Å². The molecule has 2 aromatic carbocycles. The maximum atomic E-state index is 13.3. The van der Waals surface area contributed by atoms with Gasteiger partial charge in [-0.2, -0.15) is 0 Å². The zero-order chi connectivity index (χ0) is 24.8. The Bertz CT molecular complexity index is 951. The van der Waals surface area contributed by atoms with Crippen LogP contribution in [0.4, 0.5) is 0 Å². The predicted molar refractivity (Wildman–Crippen MR) is 134 cm³/mol. The second-order valence-corrected chi connectivity index (χ2v) is 9.70. The van der Waals surface area contributed by atoms with Crippen molar-refractivity contribution in [2.24, 2.45) is 0 Å². The number of carbonyl (C=O) groups excluding carboxylic acids is 3. The van der Waals surface area contributed by atoms with Crippen LogP contribution in [0.5, 0.6) is 0 Å². The van der Waals surface area contributed by atoms with Crippen molar-refractivity contribution in [3.05, 3.63) is 71.8 Å². The first-order valence-corrected chi connectivity index (χ1v) is 12.7. The van der Waals surface area contributed by atoms with Gasteiger partial charge in [0, 0.05) is 31.9 Å². The van der Waals surface area contributed by atoms with E-state index in [1.807, 2.05) is 12.1 Å². The number of amides is 1. The molecule has 0 unspecified atom stereocenters. The molecular weight excluding hydrogens is 466 g/mol. The summed E-state index contributed by atoms with van der Waals surface area (Å²) in [4.78, 5) is 43.7. The highest BCUT2D eigenvalue weighted by molar-refractivity contribution is 8.00. The van der Waals surface area contributed by atoms with Crippen LogP contribution in [0.25, 0.3) is 0 Å². The number of hydrogen-bond acceptors (Lipinski definition) is 8. The fourth-order valence-corrected chi connectivity index (χ4v) is 6.07. The Morgan fingerprint density at radius 1 is 0.857 bits per heavy atom. The molecule has 2 heterocycles. The van der Waals surface area contributed by atoms with Crippen molar-refractivity contribution in [2.45, 2.75) is 17.5 Å². The summed E-state index contributed by atoms with van der Waals surface area (Å²) in [6, 6.07) is 20.2. The van der Waals surface area contributed by atoms with Gasteiger partial charge in [-0.3, -0.25) is 14.6 Å². The van der Waals surface area contributed by atoms with Crippen molar-refractivity contribution in [3.63, 3.8) is 0 Å². The Morgan fingerprint density at radius 3 is 1.91 bits per heavy atom. The molecule has 0 radical (unpaired) electrons. The van der Waals surface area contributed by atoms with Crippen LogP contribution in [0.2, 0.25) is 0 Å². The molecule has 0 bridgehead atoms. The van der Waals surface area contributed by atoms with Gasteiger partial charge in [0.15, 0.2) is 5.37 Å². The van der Waals surface area contributed by atoms with Crippen LogP contribution in [0.15, 0.2) is 60.7 Å². The molecule has 2 aromatic rings. The fourth-order valence-electron chi connectivity index (χ4n) is 4.75. The van der Waals surface area contributed by atoms with Gasteiger partial charge >= 0.3 is 11.9 Å². The molecule has 1 amide bonds. The van der Waals surface area contributed by atoms with Gasteiger partial charge in [0.1, 0.15) is 6.04 Å². The first kappa shape index (κ1) is 25.2. The average molecular weight is 498 g/mol. The second kappa shape index (κ2) is 11.7. The van der Waals surface area contributed by atoms with Crippen molar-refractivity contribution >= 4 is 29.6 Å². The molecule has 186 valence electrons. The lowest BCUT2D eigenvalue weighted by atomic mass is 9.96. The Labute approximate surface area is 210 Å². The molecule has 35 heavy (non-hydrogen) atoms. The third-order valence-electron chi connectivity index (χ3n) is 6.53. The highest BCUT2D eigenvalue weighted by atomic mass is 32.2. The molecule has 2 atom stereocenters. The van der Waals surface area contributed by atoms with Crippen LogP contribution >= 0.6 is 11.8 Å². The number of ether oxygens (including phenoxy) is 2. The lowest BCUT2D eigenvalue weighted by molar-refractivity contribution is -0.157. The third-order valence-corrected chi connectivity index (χ3v) is 7.77. The van der Waals surface area contributed by atoms with E-state index >= 15 is 0 Å². The quantitative estimate of drug-likeness (QED) is 0.538. The second-order valence-electron chi connectivity index (χ2n) is 8.58. The van der Waals surface area contributed by atoms with E-state index in [0.717, 1.165) is 13.1 Å². The molecule has 2 fully saturated rings. The van der Waals surface area contributed by atoms with Gasteiger partial charge in [-0.15, -0.1) is 11.8 Å². The largest absolute Gasteiger partial charge is 0.467 e. The van der Waals surface area contributed by atoms with Crippen LogP contribution in [-0.2, 0) is 23.9 Å². The Kier molecular flexibility index (Phi) is 8.43. The maximum Gasteiger partial charge on any atom is 0.339 e.